The van der Waals surface area contributed by atoms with Crippen molar-refractivity contribution in [1.82, 2.24) is 0 Å². The summed E-state index contributed by atoms with van der Waals surface area (Å²) in [6, 6.07) is 22.1. The lowest BCUT2D eigenvalue weighted by atomic mass is 10.0. The first-order valence-electron chi connectivity index (χ1n) is 20.4. The highest BCUT2D eigenvalue weighted by Gasteiger charge is 2.25. The zero-order valence-corrected chi connectivity index (χ0v) is 36.0. The van der Waals surface area contributed by atoms with Crippen molar-refractivity contribution in [3.8, 4) is 11.5 Å². The molecule has 4 nitrogen and oxygen atoms in total. The summed E-state index contributed by atoms with van der Waals surface area (Å²) < 4.78 is 25.4. The van der Waals surface area contributed by atoms with Crippen LogP contribution >= 0.6 is 0 Å². The number of rotatable bonds is 26. The topological polar surface area (TPSA) is 36.9 Å². The molecule has 0 unspecified atom stereocenters. The van der Waals surface area contributed by atoms with Gasteiger partial charge in [-0.2, -0.15) is 0 Å². The predicted octanol–water partition coefficient (Wildman–Crippen LogP) is 12.4. The second kappa shape index (κ2) is 23.7. The van der Waals surface area contributed by atoms with Crippen LogP contribution < -0.4 is 19.8 Å². The predicted molar refractivity (Wildman–Crippen MR) is 232 cm³/mol. The number of ether oxygens (including phenoxy) is 2. The van der Waals surface area contributed by atoms with Gasteiger partial charge in [0.1, 0.15) is 11.5 Å². The second-order valence-corrected chi connectivity index (χ2v) is 22.7. The molecular formula is C46H70O4Si2. The Hall–Kier alpha value is -2.91. The van der Waals surface area contributed by atoms with Gasteiger partial charge in [0.2, 0.25) is 16.6 Å². The summed E-state index contributed by atoms with van der Waals surface area (Å²) in [6.07, 6.45) is 23.6. The third kappa shape index (κ3) is 15.2. The third-order valence-corrected chi connectivity index (χ3v) is 15.3. The molecule has 0 heterocycles. The van der Waals surface area contributed by atoms with Crippen molar-refractivity contribution in [2.45, 2.75) is 131 Å². The average molecular weight is 743 g/mol. The van der Waals surface area contributed by atoms with Crippen LogP contribution in [0, 0.1) is 0 Å². The molecule has 0 atom stereocenters. The Bertz CT molecular complexity index is 1360. The molecule has 0 spiro atoms. The van der Waals surface area contributed by atoms with E-state index in [0.29, 0.717) is 13.2 Å². The van der Waals surface area contributed by atoms with E-state index in [0.717, 1.165) is 59.8 Å². The van der Waals surface area contributed by atoms with E-state index >= 15 is 0 Å². The van der Waals surface area contributed by atoms with E-state index in [2.05, 4.69) is 139 Å². The first-order chi connectivity index (χ1) is 25.1. The van der Waals surface area contributed by atoms with E-state index in [-0.39, 0.29) is 0 Å². The lowest BCUT2D eigenvalue weighted by Crippen LogP contribution is -2.44. The van der Waals surface area contributed by atoms with Crippen LogP contribution in [0.25, 0.3) is 24.3 Å². The van der Waals surface area contributed by atoms with Crippen LogP contribution in [0.15, 0.2) is 60.7 Å². The van der Waals surface area contributed by atoms with Crippen LogP contribution in [-0.4, -0.2) is 43.1 Å². The molecule has 0 aromatic heterocycles. The fourth-order valence-electron chi connectivity index (χ4n) is 6.48. The van der Waals surface area contributed by atoms with Gasteiger partial charge in [0, 0.05) is 24.3 Å². The maximum absolute atomic E-state index is 6.57. The van der Waals surface area contributed by atoms with Gasteiger partial charge < -0.3 is 18.3 Å². The molecule has 0 amide bonds. The monoisotopic (exact) mass is 742 g/mol. The van der Waals surface area contributed by atoms with Gasteiger partial charge in [-0.3, -0.25) is 0 Å². The Morgan fingerprint density at radius 2 is 0.788 bits per heavy atom. The van der Waals surface area contributed by atoms with Crippen LogP contribution in [-0.2, 0) is 8.85 Å². The minimum Gasteiger partial charge on any atom is -0.493 e. The maximum atomic E-state index is 6.57. The molecule has 0 saturated heterocycles. The summed E-state index contributed by atoms with van der Waals surface area (Å²) in [5.41, 5.74) is 4.40. The zero-order valence-electron chi connectivity index (χ0n) is 34.0. The third-order valence-electron chi connectivity index (χ3n) is 9.79. The summed E-state index contributed by atoms with van der Waals surface area (Å²) in [5.74, 6) is 1.80. The van der Waals surface area contributed by atoms with E-state index in [9.17, 15) is 0 Å². The van der Waals surface area contributed by atoms with E-state index < -0.39 is 16.6 Å². The van der Waals surface area contributed by atoms with Crippen molar-refractivity contribution >= 4 is 51.3 Å². The summed E-state index contributed by atoms with van der Waals surface area (Å²) in [7, 11) is -3.77. The Morgan fingerprint density at radius 1 is 0.442 bits per heavy atom. The van der Waals surface area contributed by atoms with Gasteiger partial charge in [0.05, 0.1) is 13.2 Å². The van der Waals surface area contributed by atoms with Crippen LogP contribution in [0.5, 0.6) is 11.5 Å². The van der Waals surface area contributed by atoms with Gasteiger partial charge in [-0.1, -0.05) is 151 Å². The number of hydrogen-bond acceptors (Lipinski definition) is 4. The molecule has 0 bridgehead atoms. The molecule has 3 rings (SSSR count). The average Bonchev–Trinajstić information content (AvgIpc) is 3.13. The maximum Gasteiger partial charge on any atom is 0.218 e. The van der Waals surface area contributed by atoms with Crippen molar-refractivity contribution < 1.29 is 18.3 Å². The van der Waals surface area contributed by atoms with Gasteiger partial charge in [-0.25, -0.2) is 0 Å². The molecule has 0 saturated carbocycles. The van der Waals surface area contributed by atoms with E-state index in [1.165, 1.54) is 74.6 Å². The fourth-order valence-corrected chi connectivity index (χ4v) is 10.2. The normalized spacial score (nSPS) is 12.3. The number of benzene rings is 3. The first kappa shape index (κ1) is 43.5. The molecule has 0 radical (unpaired) electrons. The SMILES string of the molecule is CCCCCCCCOc1cc(/C=C/c2ccc([Si](C)(C)OCC)cc2)c(OCCCCCCCC)cc1/C=C/c1ccc([Si](C)(C)OCC)cc1. The van der Waals surface area contributed by atoms with Crippen molar-refractivity contribution in [2.75, 3.05) is 26.4 Å². The zero-order chi connectivity index (χ0) is 37.7. The molecule has 0 aliphatic carbocycles. The van der Waals surface area contributed by atoms with Crippen LogP contribution in [0.2, 0.25) is 26.2 Å². The minimum atomic E-state index is -1.89. The quantitative estimate of drug-likeness (QED) is 0.0466. The van der Waals surface area contributed by atoms with Crippen molar-refractivity contribution in [3.63, 3.8) is 0 Å². The summed E-state index contributed by atoms with van der Waals surface area (Å²) in [4.78, 5) is 0. The van der Waals surface area contributed by atoms with Gasteiger partial charge in [0.25, 0.3) is 0 Å². The highest BCUT2D eigenvalue weighted by molar-refractivity contribution is 6.84. The Balaban J connectivity index is 1.92. The first-order valence-corrected chi connectivity index (χ1v) is 26.2. The molecule has 0 N–H and O–H groups in total. The fraction of sp³-hybridized carbons (Fsp3) is 0.522. The van der Waals surface area contributed by atoms with E-state index in [1.807, 2.05) is 0 Å². The molecule has 0 aliphatic heterocycles. The van der Waals surface area contributed by atoms with E-state index in [1.54, 1.807) is 0 Å². The summed E-state index contributed by atoms with van der Waals surface area (Å²) >= 11 is 0. The van der Waals surface area contributed by atoms with Gasteiger partial charge in [-0.05, 0) is 86.5 Å². The molecule has 0 aliphatic rings. The van der Waals surface area contributed by atoms with Gasteiger partial charge in [-0.15, -0.1) is 0 Å². The molecule has 52 heavy (non-hydrogen) atoms. The van der Waals surface area contributed by atoms with E-state index in [4.69, 9.17) is 18.3 Å². The highest BCUT2D eigenvalue weighted by Crippen LogP contribution is 2.33. The molecule has 6 heteroatoms. The van der Waals surface area contributed by atoms with Gasteiger partial charge >= 0.3 is 0 Å². The van der Waals surface area contributed by atoms with Crippen LogP contribution in [0.1, 0.15) is 127 Å². The minimum absolute atomic E-state index is 0.709. The van der Waals surface area contributed by atoms with Crippen LogP contribution in [0.3, 0.4) is 0 Å². The Morgan fingerprint density at radius 3 is 1.13 bits per heavy atom. The smallest absolute Gasteiger partial charge is 0.218 e. The number of unbranched alkanes of at least 4 members (excludes halogenated alkanes) is 10. The molecule has 0 fully saturated rings. The lowest BCUT2D eigenvalue weighted by Gasteiger charge is -2.22. The van der Waals surface area contributed by atoms with Crippen molar-refractivity contribution in [1.29, 1.82) is 0 Å². The van der Waals surface area contributed by atoms with Gasteiger partial charge in [0.15, 0.2) is 0 Å². The standard InChI is InChI=1S/C46H70O4Si2/c1-9-13-15-17-19-21-35-47-45-37-42(30-24-40-27-33-44(34-28-40)52(7,8)50-12-4)46(48-36-22-20-18-16-14-10-2)38-41(45)29-23-39-25-31-43(32-26-39)51(5,6)49-11-3/h23-34,37-38H,9-22,35-36H2,1-8H3/b29-23+,30-24+. The summed E-state index contributed by atoms with van der Waals surface area (Å²) in [6.45, 7) is 20.6. The lowest BCUT2D eigenvalue weighted by molar-refractivity contribution is 0.295. The Labute approximate surface area is 320 Å². The molecule has 3 aromatic carbocycles. The molecule has 286 valence electrons. The number of hydrogen-bond donors (Lipinski definition) is 0. The van der Waals surface area contributed by atoms with Crippen molar-refractivity contribution in [2.24, 2.45) is 0 Å². The summed E-state index contributed by atoms with van der Waals surface area (Å²) in [5, 5.41) is 2.62. The highest BCUT2D eigenvalue weighted by atomic mass is 28.4. The Kier molecular flexibility index (Phi) is 19.8. The van der Waals surface area contributed by atoms with Crippen LogP contribution in [0.4, 0.5) is 0 Å². The largest absolute Gasteiger partial charge is 0.493 e. The second-order valence-electron chi connectivity index (χ2n) is 15.0. The molecular weight excluding hydrogens is 673 g/mol. The molecule has 3 aromatic rings. The van der Waals surface area contributed by atoms with Crippen molar-refractivity contribution in [3.05, 3.63) is 82.9 Å².